The molecular weight excluding hydrogens is 180 g/mol. The first kappa shape index (κ1) is 14.2. The first-order chi connectivity index (χ1) is 7.35. The number of hydrogen-bond acceptors (Lipinski definition) is 0. The SMILES string of the molecule is C=CCCCC(=CCC)CCCC=CC. The van der Waals surface area contributed by atoms with E-state index < -0.39 is 0 Å². The molecule has 0 aliphatic heterocycles. The third-order valence-electron chi connectivity index (χ3n) is 2.50. The quantitative estimate of drug-likeness (QED) is 0.349. The summed E-state index contributed by atoms with van der Waals surface area (Å²) in [7, 11) is 0. The Morgan fingerprint density at radius 1 is 1.13 bits per heavy atom. The zero-order valence-corrected chi connectivity index (χ0v) is 10.5. The van der Waals surface area contributed by atoms with Crippen molar-refractivity contribution in [2.75, 3.05) is 0 Å². The van der Waals surface area contributed by atoms with Gasteiger partial charge in [0, 0.05) is 0 Å². The van der Waals surface area contributed by atoms with Crippen LogP contribution >= 0.6 is 0 Å². The van der Waals surface area contributed by atoms with Gasteiger partial charge in [-0.25, -0.2) is 0 Å². The second-order valence-corrected chi connectivity index (χ2v) is 3.91. The molecule has 0 unspecified atom stereocenters. The summed E-state index contributed by atoms with van der Waals surface area (Å²) in [6, 6.07) is 0. The van der Waals surface area contributed by atoms with Gasteiger partial charge in [0.2, 0.25) is 0 Å². The Kier molecular flexibility index (Phi) is 10.7. The third-order valence-corrected chi connectivity index (χ3v) is 2.50. The van der Waals surface area contributed by atoms with Crippen LogP contribution in [0.3, 0.4) is 0 Å². The Morgan fingerprint density at radius 2 is 1.80 bits per heavy atom. The standard InChI is InChI=1S/C15H26/c1-4-7-9-11-14-15(12-6-3)13-10-8-5-2/h4-5,7,12H,2,6,8-11,13-14H2,1,3H3. The lowest BCUT2D eigenvalue weighted by atomic mass is 10.0. The van der Waals surface area contributed by atoms with E-state index in [4.69, 9.17) is 0 Å². The Labute approximate surface area is 95.8 Å². The number of allylic oxidation sites excluding steroid dienone is 5. The summed E-state index contributed by atoms with van der Waals surface area (Å²) in [4.78, 5) is 0. The molecule has 0 radical (unpaired) electrons. The Hall–Kier alpha value is -0.780. The van der Waals surface area contributed by atoms with Crippen molar-refractivity contribution < 1.29 is 0 Å². The van der Waals surface area contributed by atoms with Crippen LogP contribution in [0.15, 0.2) is 36.5 Å². The lowest BCUT2D eigenvalue weighted by Crippen LogP contribution is -1.85. The van der Waals surface area contributed by atoms with E-state index >= 15 is 0 Å². The molecule has 0 atom stereocenters. The minimum Gasteiger partial charge on any atom is -0.103 e. The minimum atomic E-state index is 1.15. The van der Waals surface area contributed by atoms with Crippen LogP contribution < -0.4 is 0 Å². The summed E-state index contributed by atoms with van der Waals surface area (Å²) in [5.41, 5.74) is 1.64. The van der Waals surface area contributed by atoms with Gasteiger partial charge in [-0.2, -0.15) is 0 Å². The highest BCUT2D eigenvalue weighted by molar-refractivity contribution is 5.02. The Morgan fingerprint density at radius 3 is 2.33 bits per heavy atom. The van der Waals surface area contributed by atoms with E-state index in [0.717, 1.165) is 6.42 Å². The first-order valence-electron chi connectivity index (χ1n) is 6.25. The van der Waals surface area contributed by atoms with Crippen LogP contribution in [0.4, 0.5) is 0 Å². The second-order valence-electron chi connectivity index (χ2n) is 3.91. The van der Waals surface area contributed by atoms with Crippen LogP contribution in [0.5, 0.6) is 0 Å². The molecular formula is C15H26. The highest BCUT2D eigenvalue weighted by atomic mass is 14.0. The van der Waals surface area contributed by atoms with Crippen LogP contribution in [-0.2, 0) is 0 Å². The summed E-state index contributed by atoms with van der Waals surface area (Å²) in [6.07, 6.45) is 17.5. The van der Waals surface area contributed by atoms with Crippen molar-refractivity contribution in [3.8, 4) is 0 Å². The molecule has 0 spiro atoms. The summed E-state index contributed by atoms with van der Waals surface area (Å²) < 4.78 is 0. The highest BCUT2D eigenvalue weighted by Crippen LogP contribution is 2.16. The normalized spacial score (nSPS) is 12.3. The molecule has 0 rings (SSSR count). The van der Waals surface area contributed by atoms with E-state index in [9.17, 15) is 0 Å². The van der Waals surface area contributed by atoms with Gasteiger partial charge in [0.15, 0.2) is 0 Å². The molecule has 0 bridgehead atoms. The molecule has 0 aromatic rings. The molecule has 0 saturated heterocycles. The molecule has 0 nitrogen and oxygen atoms in total. The van der Waals surface area contributed by atoms with Crippen LogP contribution in [0.1, 0.15) is 58.8 Å². The maximum Gasteiger partial charge on any atom is -0.0317 e. The zero-order chi connectivity index (χ0) is 11.4. The van der Waals surface area contributed by atoms with E-state index in [0.29, 0.717) is 0 Å². The van der Waals surface area contributed by atoms with Gasteiger partial charge >= 0.3 is 0 Å². The first-order valence-corrected chi connectivity index (χ1v) is 6.25. The van der Waals surface area contributed by atoms with Crippen molar-refractivity contribution in [3.05, 3.63) is 36.5 Å². The lowest BCUT2D eigenvalue weighted by Gasteiger charge is -2.05. The average molecular weight is 206 g/mol. The molecule has 0 aromatic carbocycles. The highest BCUT2D eigenvalue weighted by Gasteiger charge is 1.96. The van der Waals surface area contributed by atoms with E-state index in [-0.39, 0.29) is 0 Å². The molecule has 0 aromatic heterocycles. The lowest BCUT2D eigenvalue weighted by molar-refractivity contribution is 0.742. The molecule has 0 saturated carbocycles. The zero-order valence-electron chi connectivity index (χ0n) is 10.5. The fourth-order valence-electron chi connectivity index (χ4n) is 1.70. The van der Waals surface area contributed by atoms with Crippen molar-refractivity contribution in [2.24, 2.45) is 0 Å². The Balaban J connectivity index is 3.73. The topological polar surface area (TPSA) is 0 Å². The number of rotatable bonds is 9. The molecule has 0 heteroatoms. The summed E-state index contributed by atoms with van der Waals surface area (Å²) in [6.45, 7) is 8.07. The fraction of sp³-hybridized carbons (Fsp3) is 0.600. The van der Waals surface area contributed by atoms with Gasteiger partial charge in [0.05, 0.1) is 0 Å². The van der Waals surface area contributed by atoms with Gasteiger partial charge in [0.1, 0.15) is 0 Å². The molecule has 15 heavy (non-hydrogen) atoms. The van der Waals surface area contributed by atoms with Crippen LogP contribution in [0.25, 0.3) is 0 Å². The van der Waals surface area contributed by atoms with Crippen molar-refractivity contribution >= 4 is 0 Å². The summed E-state index contributed by atoms with van der Waals surface area (Å²) >= 11 is 0. The van der Waals surface area contributed by atoms with Crippen LogP contribution in [0, 0.1) is 0 Å². The molecule has 0 aliphatic rings. The maximum absolute atomic E-state index is 3.76. The number of unbranched alkanes of at least 4 members (excludes halogenated alkanes) is 2. The fourth-order valence-corrected chi connectivity index (χ4v) is 1.70. The van der Waals surface area contributed by atoms with Gasteiger partial charge in [0.25, 0.3) is 0 Å². The van der Waals surface area contributed by atoms with Gasteiger partial charge in [-0.05, 0) is 51.9 Å². The van der Waals surface area contributed by atoms with Crippen molar-refractivity contribution in [1.82, 2.24) is 0 Å². The van der Waals surface area contributed by atoms with Crippen molar-refractivity contribution in [1.29, 1.82) is 0 Å². The van der Waals surface area contributed by atoms with E-state index in [1.54, 1.807) is 5.57 Å². The van der Waals surface area contributed by atoms with E-state index in [1.807, 2.05) is 6.08 Å². The van der Waals surface area contributed by atoms with E-state index in [2.05, 4.69) is 38.7 Å². The van der Waals surface area contributed by atoms with Gasteiger partial charge in [-0.3, -0.25) is 0 Å². The molecule has 86 valence electrons. The monoisotopic (exact) mass is 206 g/mol. The largest absolute Gasteiger partial charge is 0.103 e. The predicted octanol–water partition coefficient (Wildman–Crippen LogP) is 5.43. The smallest absolute Gasteiger partial charge is 0.0317 e. The predicted molar refractivity (Wildman–Crippen MR) is 71.1 cm³/mol. The molecule has 0 N–H and O–H groups in total. The summed E-state index contributed by atoms with van der Waals surface area (Å²) in [5.74, 6) is 0. The summed E-state index contributed by atoms with van der Waals surface area (Å²) in [5, 5.41) is 0. The molecule has 0 aliphatic carbocycles. The van der Waals surface area contributed by atoms with Crippen molar-refractivity contribution in [3.63, 3.8) is 0 Å². The molecule has 0 heterocycles. The molecule has 0 amide bonds. The molecule has 0 fully saturated rings. The van der Waals surface area contributed by atoms with Crippen LogP contribution in [-0.4, -0.2) is 0 Å². The van der Waals surface area contributed by atoms with Gasteiger partial charge < -0.3 is 0 Å². The van der Waals surface area contributed by atoms with E-state index in [1.165, 1.54) is 38.5 Å². The number of hydrogen-bond donors (Lipinski definition) is 0. The van der Waals surface area contributed by atoms with Crippen LogP contribution in [0.2, 0.25) is 0 Å². The minimum absolute atomic E-state index is 1.15. The average Bonchev–Trinajstić information content (AvgIpc) is 2.24. The Bertz CT molecular complexity index is 196. The van der Waals surface area contributed by atoms with Gasteiger partial charge in [-0.15, -0.1) is 6.58 Å². The maximum atomic E-state index is 3.76. The second kappa shape index (κ2) is 11.3. The van der Waals surface area contributed by atoms with Crippen molar-refractivity contribution in [2.45, 2.75) is 58.8 Å². The third kappa shape index (κ3) is 9.52. The van der Waals surface area contributed by atoms with Gasteiger partial charge in [-0.1, -0.05) is 36.8 Å².